The van der Waals surface area contributed by atoms with Crippen LogP contribution in [0.3, 0.4) is 0 Å². The SMILES string of the molecule is C[N+](C)(CCc1coc2cccc(OP(=O)(O)O)c12)Cc1ccccc1. The van der Waals surface area contributed by atoms with Gasteiger partial charge in [0.15, 0.2) is 0 Å². The maximum atomic E-state index is 11.2. The van der Waals surface area contributed by atoms with Crippen LogP contribution >= 0.6 is 7.82 Å². The summed E-state index contributed by atoms with van der Waals surface area (Å²) in [5.41, 5.74) is 2.70. The Bertz CT molecular complexity index is 930. The molecule has 0 aliphatic heterocycles. The van der Waals surface area contributed by atoms with Crippen molar-refractivity contribution in [1.82, 2.24) is 0 Å². The molecule has 0 amide bonds. The summed E-state index contributed by atoms with van der Waals surface area (Å²) in [6.45, 7) is 1.73. The van der Waals surface area contributed by atoms with Crippen LogP contribution in [0, 0.1) is 0 Å². The van der Waals surface area contributed by atoms with E-state index in [0.717, 1.165) is 23.1 Å². The fourth-order valence-electron chi connectivity index (χ4n) is 3.09. The molecule has 0 saturated heterocycles. The van der Waals surface area contributed by atoms with Gasteiger partial charge in [-0.15, -0.1) is 0 Å². The van der Waals surface area contributed by atoms with Crippen LogP contribution in [0.15, 0.2) is 59.2 Å². The summed E-state index contributed by atoms with van der Waals surface area (Å²) in [7, 11) is -0.320. The zero-order valence-corrected chi connectivity index (χ0v) is 15.7. The van der Waals surface area contributed by atoms with Gasteiger partial charge in [0.25, 0.3) is 0 Å². The van der Waals surface area contributed by atoms with Crippen molar-refractivity contribution in [1.29, 1.82) is 0 Å². The molecule has 2 N–H and O–H groups in total. The van der Waals surface area contributed by atoms with Crippen LogP contribution in [0.5, 0.6) is 5.75 Å². The van der Waals surface area contributed by atoms with E-state index >= 15 is 0 Å². The van der Waals surface area contributed by atoms with Gasteiger partial charge in [0.05, 0.1) is 32.3 Å². The molecule has 0 fully saturated rings. The minimum absolute atomic E-state index is 0.146. The van der Waals surface area contributed by atoms with E-state index in [1.807, 2.05) is 18.2 Å². The fraction of sp³-hybridized carbons (Fsp3) is 0.263. The van der Waals surface area contributed by atoms with Crippen molar-refractivity contribution in [3.05, 3.63) is 65.9 Å². The lowest BCUT2D eigenvalue weighted by atomic mass is 10.1. The van der Waals surface area contributed by atoms with Gasteiger partial charge in [-0.05, 0) is 12.1 Å². The average molecular weight is 376 g/mol. The Labute approximate surface area is 152 Å². The van der Waals surface area contributed by atoms with Gasteiger partial charge in [-0.1, -0.05) is 36.4 Å². The van der Waals surface area contributed by atoms with Gasteiger partial charge in [0.2, 0.25) is 0 Å². The van der Waals surface area contributed by atoms with Crippen molar-refractivity contribution >= 4 is 18.8 Å². The topological polar surface area (TPSA) is 79.9 Å². The predicted octanol–water partition coefficient (Wildman–Crippen LogP) is 3.72. The molecule has 0 atom stereocenters. The first-order valence-electron chi connectivity index (χ1n) is 8.34. The number of quaternary nitrogens is 1. The highest BCUT2D eigenvalue weighted by molar-refractivity contribution is 7.46. The molecule has 1 aromatic heterocycles. The van der Waals surface area contributed by atoms with E-state index in [0.29, 0.717) is 17.4 Å². The van der Waals surface area contributed by atoms with Gasteiger partial charge in [-0.2, -0.15) is 0 Å². The van der Waals surface area contributed by atoms with Gasteiger partial charge in [-0.25, -0.2) is 4.57 Å². The monoisotopic (exact) mass is 376 g/mol. The molecule has 138 valence electrons. The molecule has 0 aliphatic carbocycles. The first-order chi connectivity index (χ1) is 12.2. The van der Waals surface area contributed by atoms with Crippen molar-refractivity contribution in [3.8, 4) is 5.75 Å². The van der Waals surface area contributed by atoms with Crippen molar-refractivity contribution in [3.63, 3.8) is 0 Å². The minimum atomic E-state index is -4.63. The summed E-state index contributed by atoms with van der Waals surface area (Å²) in [4.78, 5) is 18.3. The van der Waals surface area contributed by atoms with Crippen molar-refractivity contribution in [2.75, 3.05) is 20.6 Å². The Morgan fingerprint density at radius 1 is 1.08 bits per heavy atom. The summed E-state index contributed by atoms with van der Waals surface area (Å²) < 4.78 is 22.4. The van der Waals surface area contributed by atoms with Crippen LogP contribution in [0.2, 0.25) is 0 Å². The van der Waals surface area contributed by atoms with E-state index < -0.39 is 7.82 Å². The second-order valence-electron chi connectivity index (χ2n) is 7.03. The maximum Gasteiger partial charge on any atom is 0.524 e. The standard InChI is InChI=1S/C19H22NO5P/c1-20(2,13-15-7-4-3-5-8-15)12-11-16-14-24-17-9-6-10-18(19(16)17)25-26(21,22)23/h3-10,14H,11-13H2,1-2H3,(H-,21,22,23)/p+1. The molecule has 6 nitrogen and oxygen atoms in total. The lowest BCUT2D eigenvalue weighted by Gasteiger charge is -2.30. The molecule has 0 bridgehead atoms. The second kappa shape index (κ2) is 7.25. The number of hydrogen-bond acceptors (Lipinski definition) is 3. The highest BCUT2D eigenvalue weighted by Gasteiger charge is 2.22. The average Bonchev–Trinajstić information content (AvgIpc) is 2.96. The molecule has 2 aromatic carbocycles. The third-order valence-corrected chi connectivity index (χ3v) is 4.73. The van der Waals surface area contributed by atoms with Gasteiger partial charge < -0.3 is 13.4 Å². The minimum Gasteiger partial charge on any atom is -0.464 e. The molecular formula is C19H23NO5P+. The largest absolute Gasteiger partial charge is 0.524 e. The number of benzene rings is 2. The number of rotatable bonds is 7. The predicted molar refractivity (Wildman–Crippen MR) is 99.7 cm³/mol. The molecule has 0 radical (unpaired) electrons. The number of phosphoric acid groups is 1. The maximum absolute atomic E-state index is 11.2. The van der Waals surface area contributed by atoms with Crippen LogP contribution in [0.1, 0.15) is 11.1 Å². The Hall–Kier alpha value is -2.11. The number of phosphoric ester groups is 1. The van der Waals surface area contributed by atoms with E-state index in [9.17, 15) is 4.57 Å². The van der Waals surface area contributed by atoms with Crippen LogP contribution in [-0.4, -0.2) is 34.9 Å². The fourth-order valence-corrected chi connectivity index (χ4v) is 3.50. The number of furan rings is 1. The van der Waals surface area contributed by atoms with Crippen LogP contribution in [0.25, 0.3) is 11.0 Å². The number of fused-ring (bicyclic) bond motifs is 1. The number of nitrogens with zero attached hydrogens (tertiary/aromatic N) is 1. The van der Waals surface area contributed by atoms with Crippen molar-refractivity contribution in [2.24, 2.45) is 0 Å². The van der Waals surface area contributed by atoms with E-state index in [-0.39, 0.29) is 5.75 Å². The Morgan fingerprint density at radius 2 is 1.81 bits per heavy atom. The third kappa shape index (κ3) is 4.74. The van der Waals surface area contributed by atoms with Crippen LogP contribution in [-0.2, 0) is 17.5 Å². The lowest BCUT2D eigenvalue weighted by Crippen LogP contribution is -2.40. The highest BCUT2D eigenvalue weighted by atomic mass is 31.2. The van der Waals surface area contributed by atoms with E-state index in [4.69, 9.17) is 18.7 Å². The molecule has 7 heteroatoms. The van der Waals surface area contributed by atoms with Crippen LogP contribution in [0.4, 0.5) is 0 Å². The lowest BCUT2D eigenvalue weighted by molar-refractivity contribution is -0.903. The first kappa shape index (κ1) is 18.7. The van der Waals surface area contributed by atoms with Gasteiger partial charge in [-0.3, -0.25) is 9.79 Å². The van der Waals surface area contributed by atoms with Crippen molar-refractivity contribution in [2.45, 2.75) is 13.0 Å². The molecule has 0 unspecified atom stereocenters. The van der Waals surface area contributed by atoms with Gasteiger partial charge in [0.1, 0.15) is 17.9 Å². The molecule has 0 spiro atoms. The first-order valence-corrected chi connectivity index (χ1v) is 9.87. The Morgan fingerprint density at radius 3 is 2.50 bits per heavy atom. The molecule has 1 heterocycles. The highest BCUT2D eigenvalue weighted by Crippen LogP contribution is 2.42. The van der Waals surface area contributed by atoms with Gasteiger partial charge in [0, 0.05) is 17.5 Å². The van der Waals surface area contributed by atoms with E-state index in [1.165, 1.54) is 5.56 Å². The quantitative estimate of drug-likeness (QED) is 0.485. The normalized spacial score (nSPS) is 12.5. The number of hydrogen-bond donors (Lipinski definition) is 2. The molecule has 0 aliphatic rings. The summed E-state index contributed by atoms with van der Waals surface area (Å²) >= 11 is 0. The summed E-state index contributed by atoms with van der Waals surface area (Å²) in [6.07, 6.45) is 2.34. The molecule has 26 heavy (non-hydrogen) atoms. The molecule has 3 aromatic rings. The third-order valence-electron chi connectivity index (χ3n) is 4.29. The molecular weight excluding hydrogens is 353 g/mol. The van der Waals surface area contributed by atoms with E-state index in [2.05, 4.69) is 26.2 Å². The second-order valence-corrected chi connectivity index (χ2v) is 8.19. The zero-order chi connectivity index (χ0) is 18.8. The molecule has 3 rings (SSSR count). The van der Waals surface area contributed by atoms with Gasteiger partial charge >= 0.3 is 7.82 Å². The zero-order valence-electron chi connectivity index (χ0n) is 14.8. The summed E-state index contributed by atoms with van der Waals surface area (Å²) in [6, 6.07) is 15.2. The van der Waals surface area contributed by atoms with E-state index in [1.54, 1.807) is 24.5 Å². The van der Waals surface area contributed by atoms with Crippen LogP contribution < -0.4 is 4.52 Å². The van der Waals surface area contributed by atoms with Crippen molar-refractivity contribution < 1.29 is 27.8 Å². The molecule has 0 saturated carbocycles. The Kier molecular flexibility index (Phi) is 5.21. The summed E-state index contributed by atoms with van der Waals surface area (Å²) in [5.74, 6) is 0.146. The summed E-state index contributed by atoms with van der Waals surface area (Å²) in [5, 5.41) is 0.621. The number of likely N-dealkylation sites (N-methyl/N-ethyl adjacent to an activating group) is 1. The smallest absolute Gasteiger partial charge is 0.464 e. The Balaban J connectivity index is 1.79.